The molecule has 0 aliphatic heterocycles. The normalized spacial score (nSPS) is 12.0. The monoisotopic (exact) mass is 420 g/mol. The average molecular weight is 421 g/mol. The number of nitrogens with zero attached hydrogens (tertiary/aromatic N) is 2. The van der Waals surface area contributed by atoms with Gasteiger partial charge in [0, 0.05) is 18.5 Å². The zero-order chi connectivity index (χ0) is 20.5. The lowest BCUT2D eigenvalue weighted by Crippen LogP contribution is -2.24. The number of primary sulfonamides is 1. The third-order valence-electron chi connectivity index (χ3n) is 4.32. The summed E-state index contributed by atoms with van der Waals surface area (Å²) in [4.78, 5) is 14.3. The summed E-state index contributed by atoms with van der Waals surface area (Å²) < 4.78 is 24.5. The molecule has 0 aliphatic carbocycles. The number of fused-ring (bicyclic) bond motifs is 1. The van der Waals surface area contributed by atoms with Crippen LogP contribution in [-0.4, -0.2) is 30.7 Å². The Morgan fingerprint density at radius 3 is 2.57 bits per heavy atom. The SMILES string of the molecule is Cc1nn(CC(C)C)c2sc(C(=O)NCCc3ccc(S(N)(=O)=O)cc3)cc12. The standard InChI is InChI=1S/C19H24N4O3S2/c1-12(2)11-23-19-16(13(3)22-23)10-17(27-19)18(24)21-9-8-14-4-6-15(7-5-14)28(20,25)26/h4-7,10,12H,8-9,11H2,1-3H3,(H,21,24)(H2,20,25,26). The summed E-state index contributed by atoms with van der Waals surface area (Å²) in [5, 5.41) is 13.6. The Balaban J connectivity index is 1.63. The van der Waals surface area contributed by atoms with Crippen LogP contribution in [0.3, 0.4) is 0 Å². The van der Waals surface area contributed by atoms with Crippen molar-refractivity contribution in [2.75, 3.05) is 6.54 Å². The Bertz CT molecular complexity index is 1100. The summed E-state index contributed by atoms with van der Waals surface area (Å²) >= 11 is 1.45. The highest BCUT2D eigenvalue weighted by molar-refractivity contribution is 7.89. The lowest BCUT2D eigenvalue weighted by Gasteiger charge is -2.06. The van der Waals surface area contributed by atoms with E-state index in [2.05, 4.69) is 24.3 Å². The fourth-order valence-corrected chi connectivity index (χ4v) is 4.55. The molecule has 0 unspecified atom stereocenters. The zero-order valence-electron chi connectivity index (χ0n) is 16.1. The first-order chi connectivity index (χ1) is 13.1. The zero-order valence-corrected chi connectivity index (χ0v) is 17.7. The molecule has 0 atom stereocenters. The van der Waals surface area contributed by atoms with Gasteiger partial charge < -0.3 is 5.32 Å². The van der Waals surface area contributed by atoms with Crippen molar-refractivity contribution in [3.63, 3.8) is 0 Å². The maximum absolute atomic E-state index is 12.5. The predicted molar refractivity (Wildman–Crippen MR) is 111 cm³/mol. The van der Waals surface area contributed by atoms with Gasteiger partial charge in [0.2, 0.25) is 10.0 Å². The predicted octanol–water partition coefficient (Wildman–Crippen LogP) is 2.68. The van der Waals surface area contributed by atoms with Crippen molar-refractivity contribution in [3.05, 3.63) is 46.5 Å². The molecule has 1 amide bonds. The summed E-state index contributed by atoms with van der Waals surface area (Å²) in [5.74, 6) is 0.361. The number of aromatic nitrogens is 2. The van der Waals surface area contributed by atoms with Crippen LogP contribution in [-0.2, 0) is 23.0 Å². The molecule has 7 nitrogen and oxygen atoms in total. The van der Waals surface area contributed by atoms with E-state index < -0.39 is 10.0 Å². The Morgan fingerprint density at radius 2 is 1.96 bits per heavy atom. The number of carbonyl (C=O) groups excluding carboxylic acids is 1. The smallest absolute Gasteiger partial charge is 0.261 e. The number of carbonyl (C=O) groups is 1. The molecule has 0 spiro atoms. The first-order valence-corrected chi connectivity index (χ1v) is 11.4. The second-order valence-corrected chi connectivity index (χ2v) is 9.78. The van der Waals surface area contributed by atoms with Gasteiger partial charge in [-0.2, -0.15) is 5.10 Å². The van der Waals surface area contributed by atoms with Crippen molar-refractivity contribution in [2.24, 2.45) is 11.1 Å². The van der Waals surface area contributed by atoms with E-state index in [4.69, 9.17) is 5.14 Å². The highest BCUT2D eigenvalue weighted by atomic mass is 32.2. The molecule has 28 heavy (non-hydrogen) atoms. The molecule has 150 valence electrons. The molecule has 0 fully saturated rings. The van der Waals surface area contributed by atoms with E-state index in [1.165, 1.54) is 23.5 Å². The summed E-state index contributed by atoms with van der Waals surface area (Å²) in [6.45, 7) is 7.51. The van der Waals surface area contributed by atoms with Gasteiger partial charge in [0.25, 0.3) is 5.91 Å². The molecule has 3 aromatic rings. The van der Waals surface area contributed by atoms with Crippen LogP contribution in [0.2, 0.25) is 0 Å². The quantitative estimate of drug-likeness (QED) is 0.613. The molecule has 3 N–H and O–H groups in total. The molecule has 0 aliphatic rings. The topological polar surface area (TPSA) is 107 Å². The average Bonchev–Trinajstić information content (AvgIpc) is 3.16. The number of sulfonamides is 1. The maximum Gasteiger partial charge on any atom is 0.261 e. The minimum absolute atomic E-state index is 0.0800. The Kier molecular flexibility index (Phi) is 5.87. The van der Waals surface area contributed by atoms with Gasteiger partial charge in [-0.15, -0.1) is 11.3 Å². The van der Waals surface area contributed by atoms with Crippen LogP contribution in [0.5, 0.6) is 0 Å². The van der Waals surface area contributed by atoms with Gasteiger partial charge in [-0.05, 0) is 43.0 Å². The maximum atomic E-state index is 12.5. The molecule has 0 saturated carbocycles. The lowest BCUT2D eigenvalue weighted by atomic mass is 10.1. The molecule has 3 rings (SSSR count). The largest absolute Gasteiger partial charge is 0.351 e. The first kappa shape index (κ1) is 20.5. The molecule has 9 heteroatoms. The van der Waals surface area contributed by atoms with E-state index in [0.29, 0.717) is 23.8 Å². The van der Waals surface area contributed by atoms with Crippen LogP contribution in [0.25, 0.3) is 10.2 Å². The van der Waals surface area contributed by atoms with Gasteiger partial charge >= 0.3 is 0 Å². The molecule has 0 radical (unpaired) electrons. The van der Waals surface area contributed by atoms with Crippen LogP contribution in [0.15, 0.2) is 35.2 Å². The molecule has 2 heterocycles. The van der Waals surface area contributed by atoms with E-state index in [-0.39, 0.29) is 10.8 Å². The Morgan fingerprint density at radius 1 is 1.29 bits per heavy atom. The van der Waals surface area contributed by atoms with Crippen molar-refractivity contribution < 1.29 is 13.2 Å². The van der Waals surface area contributed by atoms with Crippen molar-refractivity contribution in [1.29, 1.82) is 0 Å². The van der Waals surface area contributed by atoms with Crippen LogP contribution >= 0.6 is 11.3 Å². The van der Waals surface area contributed by atoms with E-state index in [0.717, 1.165) is 28.0 Å². The minimum Gasteiger partial charge on any atom is -0.351 e. The van der Waals surface area contributed by atoms with Gasteiger partial charge in [0.1, 0.15) is 4.83 Å². The molecular formula is C19H24N4O3S2. The van der Waals surface area contributed by atoms with E-state index in [9.17, 15) is 13.2 Å². The van der Waals surface area contributed by atoms with Crippen molar-refractivity contribution >= 4 is 37.5 Å². The molecule has 0 saturated heterocycles. The number of benzene rings is 1. The van der Waals surface area contributed by atoms with Crippen LogP contribution in [0.4, 0.5) is 0 Å². The number of nitrogens with one attached hydrogen (secondary N) is 1. The van der Waals surface area contributed by atoms with Crippen LogP contribution in [0.1, 0.15) is 34.8 Å². The number of hydrogen-bond acceptors (Lipinski definition) is 5. The van der Waals surface area contributed by atoms with Crippen molar-refractivity contribution in [2.45, 2.75) is 38.6 Å². The van der Waals surface area contributed by atoms with Gasteiger partial charge in [0.05, 0.1) is 15.5 Å². The van der Waals surface area contributed by atoms with Crippen LogP contribution < -0.4 is 10.5 Å². The number of amides is 1. The number of rotatable bonds is 7. The van der Waals surface area contributed by atoms with Gasteiger partial charge in [-0.3, -0.25) is 9.48 Å². The fourth-order valence-electron chi connectivity index (χ4n) is 2.95. The first-order valence-electron chi connectivity index (χ1n) is 9.02. The summed E-state index contributed by atoms with van der Waals surface area (Å²) in [6.07, 6.45) is 0.599. The number of aryl methyl sites for hydroxylation is 1. The summed E-state index contributed by atoms with van der Waals surface area (Å²) in [5.41, 5.74) is 1.85. The van der Waals surface area contributed by atoms with Gasteiger partial charge in [-0.25, -0.2) is 13.6 Å². The third kappa shape index (κ3) is 4.60. The Hall–Kier alpha value is -2.23. The molecular weight excluding hydrogens is 396 g/mol. The van der Waals surface area contributed by atoms with Gasteiger partial charge in [-0.1, -0.05) is 26.0 Å². The van der Waals surface area contributed by atoms with E-state index in [1.807, 2.05) is 17.7 Å². The molecule has 2 aromatic heterocycles. The van der Waals surface area contributed by atoms with Gasteiger partial charge in [0.15, 0.2) is 0 Å². The third-order valence-corrected chi connectivity index (χ3v) is 6.40. The number of hydrogen-bond donors (Lipinski definition) is 2. The Labute approximate surface area is 168 Å². The number of nitrogens with two attached hydrogens (primary N) is 1. The lowest BCUT2D eigenvalue weighted by molar-refractivity contribution is 0.0958. The highest BCUT2D eigenvalue weighted by Gasteiger charge is 2.16. The molecule has 1 aromatic carbocycles. The highest BCUT2D eigenvalue weighted by Crippen LogP contribution is 2.28. The summed E-state index contributed by atoms with van der Waals surface area (Å²) in [7, 11) is -3.69. The molecule has 0 bridgehead atoms. The van der Waals surface area contributed by atoms with Crippen LogP contribution in [0, 0.1) is 12.8 Å². The summed E-state index contributed by atoms with van der Waals surface area (Å²) in [6, 6.07) is 8.25. The van der Waals surface area contributed by atoms with E-state index >= 15 is 0 Å². The second-order valence-electron chi connectivity index (χ2n) is 7.19. The minimum atomic E-state index is -3.69. The second kappa shape index (κ2) is 8.02. The number of thiophene rings is 1. The van der Waals surface area contributed by atoms with Crippen molar-refractivity contribution in [1.82, 2.24) is 15.1 Å². The van der Waals surface area contributed by atoms with Crippen molar-refractivity contribution in [3.8, 4) is 0 Å². The van der Waals surface area contributed by atoms with E-state index in [1.54, 1.807) is 12.1 Å². The fraction of sp³-hybridized carbons (Fsp3) is 0.368.